The Morgan fingerprint density at radius 3 is 1.67 bits per heavy atom. The molecule has 0 amide bonds. The van der Waals surface area contributed by atoms with Crippen molar-refractivity contribution in [3.8, 4) is 11.5 Å². The highest BCUT2D eigenvalue weighted by Crippen LogP contribution is 2.54. The molecule has 5 nitrogen and oxygen atoms in total. The SMILES string of the molecule is C=C1c2c3cc(N(c4ccccc4)c4cccc5c4oc4ccccc45)cc2Oc2ccc(N(c4ccccc4)c4cccc5c4oc4ccccc45)c(c21)/C=C\CC=C3. The molecule has 0 fully saturated rings. The van der Waals surface area contributed by atoms with Crippen molar-refractivity contribution in [3.63, 3.8) is 0 Å². The minimum Gasteiger partial charge on any atom is -0.456 e. The van der Waals surface area contributed by atoms with E-state index in [1.807, 2.05) is 36.4 Å². The molecule has 0 atom stereocenters. The summed E-state index contributed by atoms with van der Waals surface area (Å²) >= 11 is 0. The van der Waals surface area contributed by atoms with Gasteiger partial charge < -0.3 is 23.4 Å². The number of ether oxygens (including phenoxy) is 1. The van der Waals surface area contributed by atoms with Gasteiger partial charge in [0.25, 0.3) is 0 Å². The standard InChI is InChI=1S/C55H36N2O3/c1-35-52-36-17-5-2-10-24-44-45(57(38-20-8-4-9-21-38)47-28-16-26-43-41-23-12-14-30-49(41)60-55(43)47)31-32-50(53(35)44)58-51(52)34-39(33-36)56(37-18-6-3-7-19-37)46-27-15-25-42-40-22-11-13-29-48(40)59-54(42)46/h3-34H,1-2H2/b17-5?,24-10-. The Labute approximate surface area is 346 Å². The van der Waals surface area contributed by atoms with Gasteiger partial charge in [0.2, 0.25) is 0 Å². The first-order valence-corrected chi connectivity index (χ1v) is 20.3. The Balaban J connectivity index is 1.05. The maximum absolute atomic E-state index is 7.04. The smallest absolute Gasteiger partial charge is 0.159 e. The minimum absolute atomic E-state index is 0.737. The average Bonchev–Trinajstić information content (AvgIpc) is 3.87. The third kappa shape index (κ3) is 5.26. The molecule has 0 N–H and O–H groups in total. The molecule has 60 heavy (non-hydrogen) atoms. The Bertz CT molecular complexity index is 3410. The number of furan rings is 2. The fourth-order valence-corrected chi connectivity index (χ4v) is 9.14. The molecule has 0 unspecified atom stereocenters. The molecule has 2 aromatic heterocycles. The average molecular weight is 773 g/mol. The van der Waals surface area contributed by atoms with Gasteiger partial charge in [-0.1, -0.05) is 128 Å². The van der Waals surface area contributed by atoms with Gasteiger partial charge >= 0.3 is 0 Å². The summed E-state index contributed by atoms with van der Waals surface area (Å²) in [4.78, 5) is 4.57. The van der Waals surface area contributed by atoms with E-state index in [1.165, 1.54) is 0 Å². The number of para-hydroxylation sites is 6. The molecule has 0 saturated heterocycles. The third-order valence-corrected chi connectivity index (χ3v) is 11.8. The molecular formula is C55H36N2O3. The first-order valence-electron chi connectivity index (χ1n) is 20.3. The van der Waals surface area contributed by atoms with Gasteiger partial charge in [-0.15, -0.1) is 0 Å². The van der Waals surface area contributed by atoms with Crippen LogP contribution in [-0.2, 0) is 0 Å². The monoisotopic (exact) mass is 772 g/mol. The van der Waals surface area contributed by atoms with Gasteiger partial charge in [0.05, 0.1) is 22.7 Å². The van der Waals surface area contributed by atoms with E-state index in [2.05, 4.69) is 168 Å². The van der Waals surface area contributed by atoms with Crippen molar-refractivity contribution in [1.82, 2.24) is 0 Å². The summed E-state index contributed by atoms with van der Waals surface area (Å²) in [6, 6.07) is 58.8. The summed E-state index contributed by atoms with van der Waals surface area (Å²) in [6.07, 6.45) is 9.59. The first kappa shape index (κ1) is 34.1. The van der Waals surface area contributed by atoms with Crippen molar-refractivity contribution in [2.45, 2.75) is 6.42 Å². The Kier molecular flexibility index (Phi) is 7.69. The largest absolute Gasteiger partial charge is 0.456 e. The van der Waals surface area contributed by atoms with Crippen LogP contribution in [0.1, 0.15) is 28.7 Å². The van der Waals surface area contributed by atoms with Crippen LogP contribution in [0.5, 0.6) is 11.5 Å². The summed E-state index contributed by atoms with van der Waals surface area (Å²) in [5, 5.41) is 4.32. The molecule has 12 rings (SSSR count). The van der Waals surface area contributed by atoms with Crippen LogP contribution >= 0.6 is 0 Å². The molecule has 2 bridgehead atoms. The maximum Gasteiger partial charge on any atom is 0.159 e. The Morgan fingerprint density at radius 2 is 1.00 bits per heavy atom. The first-order chi connectivity index (χ1) is 29.7. The van der Waals surface area contributed by atoms with E-state index >= 15 is 0 Å². The third-order valence-electron chi connectivity index (χ3n) is 11.8. The van der Waals surface area contributed by atoms with Crippen LogP contribution in [0.4, 0.5) is 34.1 Å². The molecule has 3 heterocycles. The summed E-state index contributed by atoms with van der Waals surface area (Å²) in [7, 11) is 0. The highest BCUT2D eigenvalue weighted by atomic mass is 16.5. The van der Waals surface area contributed by atoms with Gasteiger partial charge in [-0.05, 0) is 84.3 Å². The Hall–Kier alpha value is -8.02. The van der Waals surface area contributed by atoms with Crippen LogP contribution in [0, 0.1) is 0 Å². The second kappa shape index (κ2) is 13.5. The number of hydrogen-bond acceptors (Lipinski definition) is 5. The summed E-state index contributed by atoms with van der Waals surface area (Å²) in [5.74, 6) is 1.50. The molecule has 2 aliphatic rings. The molecule has 1 aliphatic heterocycles. The second-order valence-corrected chi connectivity index (χ2v) is 15.2. The maximum atomic E-state index is 7.04. The van der Waals surface area contributed by atoms with Crippen LogP contribution in [0.25, 0.3) is 61.6 Å². The Morgan fingerprint density at radius 1 is 0.433 bits per heavy atom. The molecule has 284 valence electrons. The number of nitrogens with zero attached hydrogens (tertiary/aromatic N) is 2. The summed E-state index contributed by atoms with van der Waals surface area (Å²) < 4.78 is 20.3. The number of hydrogen-bond donors (Lipinski definition) is 0. The van der Waals surface area contributed by atoms with E-state index in [0.717, 1.165) is 124 Å². The molecule has 8 aromatic carbocycles. The van der Waals surface area contributed by atoms with E-state index in [9.17, 15) is 0 Å². The molecule has 0 saturated carbocycles. The fourth-order valence-electron chi connectivity index (χ4n) is 9.14. The zero-order valence-corrected chi connectivity index (χ0v) is 32.5. The fraction of sp³-hybridized carbons (Fsp3) is 0.0182. The van der Waals surface area contributed by atoms with Crippen molar-refractivity contribution >= 4 is 95.7 Å². The van der Waals surface area contributed by atoms with Gasteiger partial charge in [0, 0.05) is 55.7 Å². The van der Waals surface area contributed by atoms with Crippen LogP contribution < -0.4 is 14.5 Å². The minimum atomic E-state index is 0.737. The van der Waals surface area contributed by atoms with Crippen molar-refractivity contribution in [2.24, 2.45) is 0 Å². The zero-order valence-electron chi connectivity index (χ0n) is 32.5. The number of allylic oxidation sites excluding steroid dienone is 2. The summed E-state index contributed by atoms with van der Waals surface area (Å²) in [6.45, 7) is 4.84. The molecule has 10 aromatic rings. The molecule has 1 aliphatic carbocycles. The number of rotatable bonds is 6. The molecule has 0 radical (unpaired) electrons. The van der Waals surface area contributed by atoms with E-state index < -0.39 is 0 Å². The van der Waals surface area contributed by atoms with Gasteiger partial charge in [0.1, 0.15) is 22.7 Å². The van der Waals surface area contributed by atoms with E-state index in [0.29, 0.717) is 0 Å². The molecule has 5 heteroatoms. The molecular weight excluding hydrogens is 737 g/mol. The van der Waals surface area contributed by atoms with Gasteiger partial charge in [-0.3, -0.25) is 0 Å². The van der Waals surface area contributed by atoms with Gasteiger partial charge in [-0.2, -0.15) is 0 Å². The quantitative estimate of drug-likeness (QED) is 0.168. The van der Waals surface area contributed by atoms with Crippen molar-refractivity contribution < 1.29 is 13.6 Å². The number of anilines is 6. The van der Waals surface area contributed by atoms with Crippen molar-refractivity contribution in [3.05, 3.63) is 211 Å². The lowest BCUT2D eigenvalue weighted by molar-refractivity contribution is 0.474. The normalized spacial score (nSPS) is 13.5. The van der Waals surface area contributed by atoms with E-state index in [-0.39, 0.29) is 0 Å². The summed E-state index contributed by atoms with van der Waals surface area (Å²) in [5.41, 5.74) is 14.1. The lowest BCUT2D eigenvalue weighted by Gasteiger charge is -2.33. The van der Waals surface area contributed by atoms with Crippen molar-refractivity contribution in [1.29, 1.82) is 0 Å². The van der Waals surface area contributed by atoms with Crippen LogP contribution in [-0.4, -0.2) is 0 Å². The van der Waals surface area contributed by atoms with Crippen LogP contribution in [0.15, 0.2) is 197 Å². The molecule has 0 spiro atoms. The van der Waals surface area contributed by atoms with Crippen molar-refractivity contribution in [2.75, 3.05) is 9.80 Å². The van der Waals surface area contributed by atoms with Gasteiger partial charge in [-0.25, -0.2) is 0 Å². The highest BCUT2D eigenvalue weighted by molar-refractivity contribution is 6.12. The van der Waals surface area contributed by atoms with Crippen LogP contribution in [0.2, 0.25) is 0 Å². The van der Waals surface area contributed by atoms with Crippen LogP contribution in [0.3, 0.4) is 0 Å². The lowest BCUT2D eigenvalue weighted by atomic mass is 9.86. The topological polar surface area (TPSA) is 42.0 Å². The number of fused-ring (bicyclic) bond motifs is 6. The predicted octanol–water partition coefficient (Wildman–Crippen LogP) is 16.0. The van der Waals surface area contributed by atoms with E-state index in [1.54, 1.807) is 0 Å². The zero-order chi connectivity index (χ0) is 39.7. The number of benzene rings is 8. The predicted molar refractivity (Wildman–Crippen MR) is 248 cm³/mol. The van der Waals surface area contributed by atoms with Gasteiger partial charge in [0.15, 0.2) is 11.2 Å². The van der Waals surface area contributed by atoms with E-state index in [4.69, 9.17) is 20.2 Å². The second-order valence-electron chi connectivity index (χ2n) is 15.2. The highest BCUT2D eigenvalue weighted by Gasteiger charge is 2.31. The lowest BCUT2D eigenvalue weighted by Crippen LogP contribution is -2.15.